The Balaban J connectivity index is 2.35. The molecule has 1 atom stereocenters. The number of benzene rings is 2. The van der Waals surface area contributed by atoms with E-state index in [4.69, 9.17) is 9.84 Å². The summed E-state index contributed by atoms with van der Waals surface area (Å²) >= 11 is 0. The van der Waals surface area contributed by atoms with E-state index in [1.807, 2.05) is 32.9 Å². The minimum Gasteiger partial charge on any atom is -0.491 e. The molecule has 0 saturated heterocycles. The van der Waals surface area contributed by atoms with E-state index in [0.717, 1.165) is 29.5 Å². The summed E-state index contributed by atoms with van der Waals surface area (Å²) in [5, 5.41) is 29.6. The molecular formula is C32H46O5. The van der Waals surface area contributed by atoms with Crippen LogP contribution in [-0.2, 0) is 10.2 Å². The second-order valence-electron chi connectivity index (χ2n) is 10.3. The second-order valence-corrected chi connectivity index (χ2v) is 10.3. The monoisotopic (exact) mass is 510 g/mol. The first kappa shape index (κ1) is 30.6. The molecule has 5 nitrogen and oxygen atoms in total. The van der Waals surface area contributed by atoms with Crippen LogP contribution >= 0.6 is 0 Å². The number of aliphatic hydroxyl groups is 2. The highest BCUT2D eigenvalue weighted by molar-refractivity contribution is 5.68. The van der Waals surface area contributed by atoms with Crippen molar-refractivity contribution in [2.45, 2.75) is 104 Å². The van der Waals surface area contributed by atoms with E-state index < -0.39 is 17.7 Å². The van der Waals surface area contributed by atoms with Gasteiger partial charge >= 0.3 is 5.97 Å². The first-order chi connectivity index (χ1) is 17.4. The number of ether oxygens (including phenoxy) is 1. The molecule has 0 saturated carbocycles. The maximum atomic E-state index is 10.8. The molecule has 2 aromatic rings. The standard InChI is InChI=1S/C32H46O5/c1-8-31(36,9-2)20-24(7)28-15-12-25(18-22(28)5)32(10-3,11-4)26-13-16-29(23(6)19-26)37-21-27(33)14-17-30(34)35/h12-13,15-16,18-20,27,33,36H,8-11,14,17,21H2,1-7H3,(H,34,35)/t27-/m0/s1. The smallest absolute Gasteiger partial charge is 0.303 e. The van der Waals surface area contributed by atoms with Crippen LogP contribution in [0.4, 0.5) is 0 Å². The van der Waals surface area contributed by atoms with E-state index in [2.05, 4.69) is 58.0 Å². The maximum absolute atomic E-state index is 10.8. The largest absolute Gasteiger partial charge is 0.491 e. The Hall–Kier alpha value is -2.63. The number of hydrogen-bond acceptors (Lipinski definition) is 4. The zero-order chi connectivity index (χ0) is 27.8. The van der Waals surface area contributed by atoms with Crippen LogP contribution in [-0.4, -0.2) is 39.6 Å². The van der Waals surface area contributed by atoms with Crippen LogP contribution in [0.2, 0.25) is 0 Å². The third-order valence-corrected chi connectivity index (χ3v) is 7.97. The van der Waals surface area contributed by atoms with Gasteiger partial charge in [0.25, 0.3) is 0 Å². The molecular weight excluding hydrogens is 464 g/mol. The van der Waals surface area contributed by atoms with Crippen LogP contribution in [0.25, 0.3) is 5.57 Å². The van der Waals surface area contributed by atoms with Gasteiger partial charge in [-0.1, -0.05) is 58.0 Å². The molecule has 0 unspecified atom stereocenters. The SMILES string of the molecule is CCC(O)(C=C(C)c1ccc(C(CC)(CC)c2ccc(OC[C@@H](O)CCC(=O)O)c(C)c2)cc1C)CC. The molecule has 0 aliphatic rings. The molecule has 2 aromatic carbocycles. The van der Waals surface area contributed by atoms with Crippen LogP contribution in [0.15, 0.2) is 42.5 Å². The summed E-state index contributed by atoms with van der Waals surface area (Å²) in [7, 11) is 0. The fraction of sp³-hybridized carbons (Fsp3) is 0.531. The van der Waals surface area contributed by atoms with Crippen molar-refractivity contribution in [3.05, 3.63) is 70.3 Å². The molecule has 0 aliphatic heterocycles. The van der Waals surface area contributed by atoms with E-state index in [0.29, 0.717) is 18.6 Å². The van der Waals surface area contributed by atoms with Gasteiger partial charge in [0.1, 0.15) is 12.4 Å². The molecule has 0 heterocycles. The molecule has 0 amide bonds. The van der Waals surface area contributed by atoms with Gasteiger partial charge in [-0.25, -0.2) is 0 Å². The van der Waals surface area contributed by atoms with Gasteiger partial charge in [0.15, 0.2) is 0 Å². The Morgan fingerprint density at radius 3 is 2.00 bits per heavy atom. The minimum atomic E-state index is -0.923. The van der Waals surface area contributed by atoms with Crippen LogP contribution < -0.4 is 4.74 Å². The summed E-state index contributed by atoms with van der Waals surface area (Å²) in [6.45, 7) is 14.8. The topological polar surface area (TPSA) is 87.0 Å². The Labute approximate surface area is 223 Å². The van der Waals surface area contributed by atoms with Crippen molar-refractivity contribution in [2.24, 2.45) is 0 Å². The third kappa shape index (κ3) is 7.45. The molecule has 0 fully saturated rings. The number of aryl methyl sites for hydroxylation is 2. The lowest BCUT2D eigenvalue weighted by Gasteiger charge is -2.34. The number of aliphatic carboxylic acids is 1. The fourth-order valence-corrected chi connectivity index (χ4v) is 5.24. The van der Waals surface area contributed by atoms with Crippen molar-refractivity contribution < 1.29 is 24.9 Å². The van der Waals surface area contributed by atoms with Crippen molar-refractivity contribution in [1.29, 1.82) is 0 Å². The van der Waals surface area contributed by atoms with E-state index in [9.17, 15) is 15.0 Å². The van der Waals surface area contributed by atoms with Crippen molar-refractivity contribution in [1.82, 2.24) is 0 Å². The Morgan fingerprint density at radius 1 is 0.946 bits per heavy atom. The summed E-state index contributed by atoms with van der Waals surface area (Å²) in [4.78, 5) is 10.7. The molecule has 0 aliphatic carbocycles. The average Bonchev–Trinajstić information content (AvgIpc) is 2.87. The summed E-state index contributed by atoms with van der Waals surface area (Å²) in [5.41, 5.74) is 5.99. The van der Waals surface area contributed by atoms with Crippen molar-refractivity contribution in [3.63, 3.8) is 0 Å². The lowest BCUT2D eigenvalue weighted by molar-refractivity contribution is -0.137. The molecule has 0 spiro atoms. The van der Waals surface area contributed by atoms with Gasteiger partial charge in [0.2, 0.25) is 0 Å². The summed E-state index contributed by atoms with van der Waals surface area (Å²) in [5.74, 6) is -0.223. The number of rotatable bonds is 14. The summed E-state index contributed by atoms with van der Waals surface area (Å²) in [6.07, 6.45) is 4.53. The lowest BCUT2D eigenvalue weighted by atomic mass is 9.69. The van der Waals surface area contributed by atoms with Gasteiger partial charge in [-0.15, -0.1) is 0 Å². The highest BCUT2D eigenvalue weighted by Gasteiger charge is 2.31. The Kier molecular flexibility index (Phi) is 11.0. The van der Waals surface area contributed by atoms with Crippen LogP contribution in [0.3, 0.4) is 0 Å². The predicted octanol–water partition coefficient (Wildman–Crippen LogP) is 6.97. The highest BCUT2D eigenvalue weighted by atomic mass is 16.5. The van der Waals surface area contributed by atoms with Crippen molar-refractivity contribution in [2.75, 3.05) is 6.61 Å². The van der Waals surface area contributed by atoms with Crippen LogP contribution in [0.5, 0.6) is 5.75 Å². The molecule has 2 rings (SSSR count). The van der Waals surface area contributed by atoms with Gasteiger partial charge in [-0.3, -0.25) is 4.79 Å². The van der Waals surface area contributed by atoms with Crippen LogP contribution in [0, 0.1) is 13.8 Å². The van der Waals surface area contributed by atoms with Gasteiger partial charge in [0, 0.05) is 11.8 Å². The third-order valence-electron chi connectivity index (χ3n) is 7.97. The lowest BCUT2D eigenvalue weighted by Crippen LogP contribution is -2.26. The normalized spacial score (nSPS) is 13.5. The zero-order valence-corrected chi connectivity index (χ0v) is 23.7. The minimum absolute atomic E-state index is 0.0683. The van der Waals surface area contributed by atoms with Crippen LogP contribution in [0.1, 0.15) is 101 Å². The Bertz CT molecular complexity index is 1080. The van der Waals surface area contributed by atoms with Crippen molar-refractivity contribution >= 4 is 11.5 Å². The number of carboxylic acids is 1. The van der Waals surface area contributed by atoms with Gasteiger partial charge in [-0.2, -0.15) is 0 Å². The Morgan fingerprint density at radius 2 is 1.51 bits per heavy atom. The number of allylic oxidation sites excluding steroid dienone is 1. The number of hydrogen-bond donors (Lipinski definition) is 3. The second kappa shape index (κ2) is 13.3. The molecule has 0 aromatic heterocycles. The molecule has 5 heteroatoms. The van der Waals surface area contributed by atoms with E-state index >= 15 is 0 Å². The highest BCUT2D eigenvalue weighted by Crippen LogP contribution is 2.41. The van der Waals surface area contributed by atoms with Gasteiger partial charge in [0.05, 0.1) is 11.7 Å². The van der Waals surface area contributed by atoms with Gasteiger partial charge < -0.3 is 20.1 Å². The number of aliphatic hydroxyl groups excluding tert-OH is 1. The predicted molar refractivity (Wildman–Crippen MR) is 151 cm³/mol. The quantitative estimate of drug-likeness (QED) is 0.255. The molecule has 0 bridgehead atoms. The van der Waals surface area contributed by atoms with E-state index in [-0.39, 0.29) is 24.9 Å². The molecule has 0 radical (unpaired) electrons. The number of carboxylic acid groups (broad SMARTS) is 1. The summed E-state index contributed by atoms with van der Waals surface area (Å²) in [6, 6.07) is 12.9. The van der Waals surface area contributed by atoms with Gasteiger partial charge in [-0.05, 0) is 98.4 Å². The zero-order valence-electron chi connectivity index (χ0n) is 23.7. The fourth-order valence-electron chi connectivity index (χ4n) is 5.24. The first-order valence-electron chi connectivity index (χ1n) is 13.6. The number of carbonyl (C=O) groups is 1. The molecule has 204 valence electrons. The van der Waals surface area contributed by atoms with E-state index in [1.54, 1.807) is 0 Å². The average molecular weight is 511 g/mol. The van der Waals surface area contributed by atoms with Crippen molar-refractivity contribution in [3.8, 4) is 5.75 Å². The van der Waals surface area contributed by atoms with E-state index in [1.165, 1.54) is 16.7 Å². The maximum Gasteiger partial charge on any atom is 0.303 e. The summed E-state index contributed by atoms with van der Waals surface area (Å²) < 4.78 is 5.82. The molecule has 37 heavy (non-hydrogen) atoms. The molecule has 3 N–H and O–H groups in total. The first-order valence-corrected chi connectivity index (χ1v) is 13.6.